The molecule has 3 unspecified atom stereocenters. The molecule has 2 heterocycles. The summed E-state index contributed by atoms with van der Waals surface area (Å²) in [4.78, 5) is 39.2. The van der Waals surface area contributed by atoms with Gasteiger partial charge >= 0.3 is 5.97 Å². The van der Waals surface area contributed by atoms with E-state index in [0.29, 0.717) is 12.1 Å². The van der Waals surface area contributed by atoms with Crippen LogP contribution in [0.1, 0.15) is 24.4 Å². The van der Waals surface area contributed by atoms with Crippen molar-refractivity contribution in [3.05, 3.63) is 35.6 Å². The first-order chi connectivity index (χ1) is 12.4. The number of carboxylic acid groups (broad SMARTS) is 1. The summed E-state index contributed by atoms with van der Waals surface area (Å²) in [5.41, 5.74) is 0.702. The van der Waals surface area contributed by atoms with Crippen LogP contribution in [0.5, 0.6) is 0 Å². The average molecular weight is 364 g/mol. The van der Waals surface area contributed by atoms with E-state index in [4.69, 9.17) is 9.84 Å². The predicted octanol–water partition coefficient (Wildman–Crippen LogP) is 1.05. The van der Waals surface area contributed by atoms with Gasteiger partial charge in [-0.2, -0.15) is 0 Å². The van der Waals surface area contributed by atoms with Gasteiger partial charge in [0.15, 0.2) is 0 Å². The molecule has 7 nitrogen and oxygen atoms in total. The third-order valence-electron chi connectivity index (χ3n) is 4.97. The zero-order valence-electron chi connectivity index (χ0n) is 14.4. The molecular formula is C18H21FN2O5. The summed E-state index contributed by atoms with van der Waals surface area (Å²) < 4.78 is 18.6. The Labute approximate surface area is 150 Å². The fraction of sp³-hybridized carbons (Fsp3) is 0.500. The zero-order valence-corrected chi connectivity index (χ0v) is 14.4. The molecule has 2 fully saturated rings. The van der Waals surface area contributed by atoms with Gasteiger partial charge in [0.25, 0.3) is 0 Å². The summed E-state index contributed by atoms with van der Waals surface area (Å²) in [5.74, 6) is -2.29. The smallest absolute Gasteiger partial charge is 0.306 e. The third kappa shape index (κ3) is 3.70. The molecule has 2 aliphatic heterocycles. The summed E-state index contributed by atoms with van der Waals surface area (Å²) in [7, 11) is 1.64. The van der Waals surface area contributed by atoms with Crippen LogP contribution < -0.4 is 0 Å². The van der Waals surface area contributed by atoms with Gasteiger partial charge in [-0.25, -0.2) is 4.39 Å². The molecule has 0 saturated carbocycles. The standard InChI is InChI=1S/C18H21FN2O5/c1-20-15(22)9-14(17(20)11-2-4-12(19)5-3-11)18(25)21-6-7-26-13(10-21)8-16(23)24/h2-5,13-14,17H,6-10H2,1H3,(H,23,24). The predicted molar refractivity (Wildman–Crippen MR) is 88.6 cm³/mol. The highest BCUT2D eigenvalue weighted by molar-refractivity contribution is 5.90. The number of rotatable bonds is 4. The first-order valence-corrected chi connectivity index (χ1v) is 8.50. The number of morpholine rings is 1. The molecule has 0 radical (unpaired) electrons. The number of benzene rings is 1. The van der Waals surface area contributed by atoms with Crippen LogP contribution in [0.2, 0.25) is 0 Å². The average Bonchev–Trinajstić information content (AvgIpc) is 2.90. The first-order valence-electron chi connectivity index (χ1n) is 8.50. The lowest BCUT2D eigenvalue weighted by Crippen LogP contribution is -2.49. The third-order valence-corrected chi connectivity index (χ3v) is 4.97. The van der Waals surface area contributed by atoms with Gasteiger partial charge in [0, 0.05) is 26.6 Å². The second-order valence-electron chi connectivity index (χ2n) is 6.69. The summed E-state index contributed by atoms with van der Waals surface area (Å²) >= 11 is 0. The Bertz CT molecular complexity index is 708. The summed E-state index contributed by atoms with van der Waals surface area (Å²) in [6, 6.07) is 5.33. The molecule has 0 aliphatic carbocycles. The van der Waals surface area contributed by atoms with Crippen LogP contribution in [0.4, 0.5) is 4.39 Å². The minimum Gasteiger partial charge on any atom is -0.481 e. The molecule has 3 atom stereocenters. The van der Waals surface area contributed by atoms with Crippen molar-refractivity contribution in [3.8, 4) is 0 Å². The van der Waals surface area contributed by atoms with Gasteiger partial charge in [0.2, 0.25) is 11.8 Å². The zero-order chi connectivity index (χ0) is 18.8. The van der Waals surface area contributed by atoms with Gasteiger partial charge in [-0.05, 0) is 17.7 Å². The number of amides is 2. The summed E-state index contributed by atoms with van der Waals surface area (Å²) in [6.07, 6.45) is -0.642. The molecule has 140 valence electrons. The number of nitrogens with zero attached hydrogens (tertiary/aromatic N) is 2. The number of aliphatic carboxylic acids is 1. The number of ether oxygens (including phenoxy) is 1. The van der Waals surface area contributed by atoms with Crippen molar-refractivity contribution >= 4 is 17.8 Å². The van der Waals surface area contributed by atoms with Crippen molar-refractivity contribution < 1.29 is 28.6 Å². The Morgan fingerprint density at radius 3 is 2.65 bits per heavy atom. The van der Waals surface area contributed by atoms with E-state index >= 15 is 0 Å². The quantitative estimate of drug-likeness (QED) is 0.863. The van der Waals surface area contributed by atoms with E-state index in [0.717, 1.165) is 0 Å². The molecule has 1 aromatic rings. The van der Waals surface area contributed by atoms with Crippen LogP contribution in [0, 0.1) is 11.7 Å². The van der Waals surface area contributed by atoms with E-state index in [-0.39, 0.29) is 43.6 Å². The van der Waals surface area contributed by atoms with Gasteiger partial charge in [0.1, 0.15) is 5.82 Å². The fourth-order valence-electron chi connectivity index (χ4n) is 3.68. The second kappa shape index (κ2) is 7.41. The molecule has 1 N–H and O–H groups in total. The highest BCUT2D eigenvalue weighted by Gasteiger charge is 2.44. The lowest BCUT2D eigenvalue weighted by Gasteiger charge is -2.35. The molecular weight excluding hydrogens is 343 g/mol. The molecule has 2 saturated heterocycles. The highest BCUT2D eigenvalue weighted by Crippen LogP contribution is 2.38. The van der Waals surface area contributed by atoms with E-state index in [1.54, 1.807) is 24.1 Å². The molecule has 0 bridgehead atoms. The molecule has 26 heavy (non-hydrogen) atoms. The molecule has 1 aromatic carbocycles. The lowest BCUT2D eigenvalue weighted by molar-refractivity contribution is -0.150. The lowest BCUT2D eigenvalue weighted by atomic mass is 9.92. The second-order valence-corrected chi connectivity index (χ2v) is 6.69. The van der Waals surface area contributed by atoms with Crippen molar-refractivity contribution in [2.75, 3.05) is 26.7 Å². The number of carboxylic acids is 1. The van der Waals surface area contributed by atoms with E-state index in [1.165, 1.54) is 17.0 Å². The number of hydrogen-bond acceptors (Lipinski definition) is 4. The molecule has 2 amide bonds. The number of halogens is 1. The van der Waals surface area contributed by atoms with Crippen molar-refractivity contribution in [1.29, 1.82) is 0 Å². The Morgan fingerprint density at radius 2 is 2.00 bits per heavy atom. The normalized spacial score (nSPS) is 26.2. The Kier molecular flexibility index (Phi) is 5.22. The minimum atomic E-state index is -0.982. The largest absolute Gasteiger partial charge is 0.481 e. The van der Waals surface area contributed by atoms with Crippen molar-refractivity contribution in [2.45, 2.75) is 25.0 Å². The topological polar surface area (TPSA) is 87.2 Å². The van der Waals surface area contributed by atoms with Gasteiger partial charge in [-0.1, -0.05) is 12.1 Å². The molecule has 0 aromatic heterocycles. The summed E-state index contributed by atoms with van der Waals surface area (Å²) in [6.45, 7) is 0.816. The van der Waals surface area contributed by atoms with Crippen LogP contribution in [0.25, 0.3) is 0 Å². The van der Waals surface area contributed by atoms with Crippen LogP contribution in [0.3, 0.4) is 0 Å². The van der Waals surface area contributed by atoms with Crippen LogP contribution >= 0.6 is 0 Å². The number of carbonyl (C=O) groups excluding carboxylic acids is 2. The SMILES string of the molecule is CN1C(=O)CC(C(=O)N2CCOC(CC(=O)O)C2)C1c1ccc(F)cc1. The van der Waals surface area contributed by atoms with Gasteiger partial charge in [-0.15, -0.1) is 0 Å². The van der Waals surface area contributed by atoms with E-state index in [2.05, 4.69) is 0 Å². The number of carbonyl (C=O) groups is 3. The van der Waals surface area contributed by atoms with Crippen LogP contribution in [-0.4, -0.2) is 65.5 Å². The van der Waals surface area contributed by atoms with Crippen LogP contribution in [-0.2, 0) is 19.1 Å². The maximum atomic E-state index is 13.2. The van der Waals surface area contributed by atoms with E-state index < -0.39 is 24.0 Å². The Hall–Kier alpha value is -2.48. The van der Waals surface area contributed by atoms with Gasteiger partial charge in [-0.3, -0.25) is 14.4 Å². The van der Waals surface area contributed by atoms with Crippen LogP contribution in [0.15, 0.2) is 24.3 Å². The fourth-order valence-corrected chi connectivity index (χ4v) is 3.68. The number of hydrogen-bond donors (Lipinski definition) is 1. The maximum absolute atomic E-state index is 13.2. The Balaban J connectivity index is 1.79. The highest BCUT2D eigenvalue weighted by atomic mass is 19.1. The molecule has 0 spiro atoms. The summed E-state index contributed by atoms with van der Waals surface area (Å²) in [5, 5.41) is 8.92. The van der Waals surface area contributed by atoms with E-state index in [9.17, 15) is 18.8 Å². The monoisotopic (exact) mass is 364 g/mol. The minimum absolute atomic E-state index is 0.0817. The van der Waals surface area contributed by atoms with Crippen molar-refractivity contribution in [2.24, 2.45) is 5.92 Å². The molecule has 2 aliphatic rings. The van der Waals surface area contributed by atoms with Gasteiger partial charge < -0.3 is 19.6 Å². The maximum Gasteiger partial charge on any atom is 0.306 e. The first kappa shape index (κ1) is 18.3. The number of likely N-dealkylation sites (tertiary alicyclic amines) is 1. The van der Waals surface area contributed by atoms with Crippen molar-refractivity contribution in [1.82, 2.24) is 9.80 Å². The molecule has 3 rings (SSSR count). The van der Waals surface area contributed by atoms with E-state index in [1.807, 2.05) is 0 Å². The Morgan fingerprint density at radius 1 is 1.31 bits per heavy atom. The van der Waals surface area contributed by atoms with Crippen molar-refractivity contribution in [3.63, 3.8) is 0 Å². The van der Waals surface area contributed by atoms with Gasteiger partial charge in [0.05, 0.1) is 31.1 Å². The molecule has 8 heteroatoms.